The molecule has 0 aliphatic carbocycles. The van der Waals surface area contributed by atoms with E-state index in [-0.39, 0.29) is 0 Å². The molecule has 0 spiro atoms. The van der Waals surface area contributed by atoms with Gasteiger partial charge in [-0.3, -0.25) is 4.68 Å². The number of nitrogens with one attached hydrogen (secondary N) is 1. The molecule has 0 saturated carbocycles. The van der Waals surface area contributed by atoms with E-state index in [0.717, 1.165) is 15.7 Å². The van der Waals surface area contributed by atoms with Gasteiger partial charge in [0.25, 0.3) is 0 Å². The number of rotatable bonds is 4. The summed E-state index contributed by atoms with van der Waals surface area (Å²) in [6.45, 7) is 4.91. The zero-order valence-electron chi connectivity index (χ0n) is 10.2. The standard InChI is InChI=1S/C12H14BrClN4/c1-8(2)18-7-9(5-17-18)4-15-10-3-11(13)12(14)16-6-10/h3,5-8,15H,4H2,1-2H3. The molecule has 2 rings (SSSR count). The first kappa shape index (κ1) is 13.4. The van der Waals surface area contributed by atoms with E-state index in [1.54, 1.807) is 6.20 Å². The SMILES string of the molecule is CC(C)n1cc(CNc2cnc(Cl)c(Br)c2)cn1. The van der Waals surface area contributed by atoms with Gasteiger partial charge in [-0.1, -0.05) is 11.6 Å². The molecule has 0 fully saturated rings. The summed E-state index contributed by atoms with van der Waals surface area (Å²) in [6.07, 6.45) is 5.61. The third-order valence-corrected chi connectivity index (χ3v) is 3.61. The number of pyridine rings is 1. The van der Waals surface area contributed by atoms with E-state index < -0.39 is 0 Å². The third kappa shape index (κ3) is 3.23. The van der Waals surface area contributed by atoms with Gasteiger partial charge in [0.2, 0.25) is 0 Å². The molecule has 2 aromatic heterocycles. The van der Waals surface area contributed by atoms with Gasteiger partial charge < -0.3 is 5.32 Å². The van der Waals surface area contributed by atoms with E-state index >= 15 is 0 Å². The van der Waals surface area contributed by atoms with Gasteiger partial charge in [-0.15, -0.1) is 0 Å². The van der Waals surface area contributed by atoms with Gasteiger partial charge in [-0.25, -0.2) is 4.98 Å². The van der Waals surface area contributed by atoms with Crippen molar-refractivity contribution in [2.24, 2.45) is 0 Å². The Hall–Kier alpha value is -1.07. The second-order valence-electron chi connectivity index (χ2n) is 4.27. The van der Waals surface area contributed by atoms with Crippen molar-refractivity contribution in [3.05, 3.63) is 39.8 Å². The molecule has 0 atom stereocenters. The molecule has 0 unspecified atom stereocenters. The average Bonchev–Trinajstić information content (AvgIpc) is 2.79. The molecule has 0 bridgehead atoms. The maximum absolute atomic E-state index is 5.84. The average molecular weight is 330 g/mol. The normalized spacial score (nSPS) is 10.9. The van der Waals surface area contributed by atoms with Crippen molar-refractivity contribution < 1.29 is 0 Å². The van der Waals surface area contributed by atoms with Crippen LogP contribution in [0.5, 0.6) is 0 Å². The molecule has 1 N–H and O–H groups in total. The molecular formula is C12H14BrClN4. The van der Waals surface area contributed by atoms with Crippen molar-refractivity contribution in [3.63, 3.8) is 0 Å². The van der Waals surface area contributed by atoms with Crippen LogP contribution in [0.4, 0.5) is 5.69 Å². The zero-order chi connectivity index (χ0) is 13.1. The Morgan fingerprint density at radius 3 is 2.83 bits per heavy atom. The fourth-order valence-electron chi connectivity index (χ4n) is 1.47. The highest BCUT2D eigenvalue weighted by Gasteiger charge is 2.03. The lowest BCUT2D eigenvalue weighted by atomic mass is 10.3. The Kier molecular flexibility index (Phi) is 4.24. The molecule has 0 amide bonds. The van der Waals surface area contributed by atoms with E-state index in [0.29, 0.717) is 17.7 Å². The Morgan fingerprint density at radius 2 is 2.22 bits per heavy atom. The van der Waals surface area contributed by atoms with Crippen LogP contribution in [0.15, 0.2) is 29.1 Å². The third-order valence-electron chi connectivity index (χ3n) is 2.48. The summed E-state index contributed by atoms with van der Waals surface area (Å²) in [7, 11) is 0. The quantitative estimate of drug-likeness (QED) is 0.865. The molecule has 18 heavy (non-hydrogen) atoms. The number of aromatic nitrogens is 3. The van der Waals surface area contributed by atoms with Crippen LogP contribution in [0, 0.1) is 0 Å². The Balaban J connectivity index is 2.00. The van der Waals surface area contributed by atoms with Crippen molar-refractivity contribution >= 4 is 33.2 Å². The van der Waals surface area contributed by atoms with Crippen molar-refractivity contribution in [2.75, 3.05) is 5.32 Å². The first-order valence-corrected chi connectivity index (χ1v) is 6.81. The zero-order valence-corrected chi connectivity index (χ0v) is 12.5. The summed E-state index contributed by atoms with van der Waals surface area (Å²) in [5.74, 6) is 0. The first-order valence-electron chi connectivity index (χ1n) is 5.64. The summed E-state index contributed by atoms with van der Waals surface area (Å²) >= 11 is 9.18. The minimum atomic E-state index is 0.380. The topological polar surface area (TPSA) is 42.7 Å². The van der Waals surface area contributed by atoms with Crippen LogP contribution in [0.2, 0.25) is 5.15 Å². The smallest absolute Gasteiger partial charge is 0.143 e. The van der Waals surface area contributed by atoms with Gasteiger partial charge in [0, 0.05) is 24.3 Å². The molecule has 0 saturated heterocycles. The van der Waals surface area contributed by atoms with Crippen LogP contribution in [-0.2, 0) is 6.54 Å². The largest absolute Gasteiger partial charge is 0.380 e. The summed E-state index contributed by atoms with van der Waals surface area (Å²) in [6, 6.07) is 2.28. The van der Waals surface area contributed by atoms with E-state index in [9.17, 15) is 0 Å². The van der Waals surface area contributed by atoms with Crippen LogP contribution >= 0.6 is 27.5 Å². The van der Waals surface area contributed by atoms with Crippen molar-refractivity contribution in [1.29, 1.82) is 0 Å². The molecule has 0 radical (unpaired) electrons. The lowest BCUT2D eigenvalue weighted by molar-refractivity contribution is 0.532. The second-order valence-corrected chi connectivity index (χ2v) is 5.48. The molecule has 2 heterocycles. The highest BCUT2D eigenvalue weighted by Crippen LogP contribution is 2.23. The lowest BCUT2D eigenvalue weighted by Crippen LogP contribution is -2.01. The van der Waals surface area contributed by atoms with Gasteiger partial charge in [-0.05, 0) is 35.8 Å². The van der Waals surface area contributed by atoms with Crippen molar-refractivity contribution in [3.8, 4) is 0 Å². The van der Waals surface area contributed by atoms with Crippen LogP contribution in [0.3, 0.4) is 0 Å². The molecule has 6 heteroatoms. The number of nitrogens with zero attached hydrogens (tertiary/aromatic N) is 3. The van der Waals surface area contributed by atoms with Crippen LogP contribution in [0.1, 0.15) is 25.5 Å². The number of halogens is 2. The molecule has 0 aliphatic heterocycles. The monoisotopic (exact) mass is 328 g/mol. The van der Waals surface area contributed by atoms with Gasteiger partial charge in [0.1, 0.15) is 5.15 Å². The minimum Gasteiger partial charge on any atom is -0.380 e. The van der Waals surface area contributed by atoms with Crippen molar-refractivity contribution in [1.82, 2.24) is 14.8 Å². The summed E-state index contributed by atoms with van der Waals surface area (Å²) in [5, 5.41) is 8.03. The fraction of sp³-hybridized carbons (Fsp3) is 0.333. The van der Waals surface area contributed by atoms with E-state index in [1.165, 1.54) is 0 Å². The second kappa shape index (κ2) is 5.71. The molecule has 4 nitrogen and oxygen atoms in total. The number of hydrogen-bond acceptors (Lipinski definition) is 3. The Morgan fingerprint density at radius 1 is 1.44 bits per heavy atom. The van der Waals surface area contributed by atoms with Crippen LogP contribution in [0.25, 0.3) is 0 Å². The first-order chi connectivity index (χ1) is 8.56. The molecule has 0 aliphatic rings. The Labute approximate surface area is 119 Å². The highest BCUT2D eigenvalue weighted by molar-refractivity contribution is 9.10. The molecular weight excluding hydrogens is 316 g/mol. The van der Waals surface area contributed by atoms with E-state index in [1.807, 2.05) is 23.1 Å². The van der Waals surface area contributed by atoms with Crippen LogP contribution in [-0.4, -0.2) is 14.8 Å². The van der Waals surface area contributed by atoms with Gasteiger partial charge >= 0.3 is 0 Å². The highest BCUT2D eigenvalue weighted by atomic mass is 79.9. The lowest BCUT2D eigenvalue weighted by Gasteiger charge is -2.06. The predicted octanol–water partition coefficient (Wildman–Crippen LogP) is 3.89. The maximum atomic E-state index is 5.84. The minimum absolute atomic E-state index is 0.380. The fourth-order valence-corrected chi connectivity index (χ4v) is 1.93. The predicted molar refractivity (Wildman–Crippen MR) is 76.9 cm³/mol. The molecule has 96 valence electrons. The summed E-state index contributed by atoms with van der Waals surface area (Å²) in [4.78, 5) is 4.06. The van der Waals surface area contributed by atoms with E-state index in [2.05, 4.69) is 45.2 Å². The van der Waals surface area contributed by atoms with Gasteiger partial charge in [-0.2, -0.15) is 5.10 Å². The molecule has 2 aromatic rings. The van der Waals surface area contributed by atoms with Gasteiger partial charge in [0.15, 0.2) is 0 Å². The van der Waals surface area contributed by atoms with Crippen molar-refractivity contribution in [2.45, 2.75) is 26.4 Å². The summed E-state index contributed by atoms with van der Waals surface area (Å²) in [5.41, 5.74) is 2.05. The number of anilines is 1. The summed E-state index contributed by atoms with van der Waals surface area (Å²) < 4.78 is 2.72. The van der Waals surface area contributed by atoms with Crippen LogP contribution < -0.4 is 5.32 Å². The number of hydrogen-bond donors (Lipinski definition) is 1. The molecule has 0 aromatic carbocycles. The van der Waals surface area contributed by atoms with E-state index in [4.69, 9.17) is 11.6 Å². The van der Waals surface area contributed by atoms with Gasteiger partial charge in [0.05, 0.1) is 22.6 Å². The maximum Gasteiger partial charge on any atom is 0.143 e. The Bertz CT molecular complexity index is 539.